The van der Waals surface area contributed by atoms with E-state index in [1.54, 1.807) is 0 Å². The number of rotatable bonds is 3. The highest BCUT2D eigenvalue weighted by Crippen LogP contribution is 2.29. The number of amides is 1. The first-order valence-electron chi connectivity index (χ1n) is 5.75. The third-order valence-electron chi connectivity index (χ3n) is 2.71. The van der Waals surface area contributed by atoms with Crippen molar-refractivity contribution in [2.24, 2.45) is 5.73 Å². The molecule has 5 heteroatoms. The fourth-order valence-electron chi connectivity index (χ4n) is 1.84. The minimum Gasteiger partial charge on any atom is -0.365 e. The van der Waals surface area contributed by atoms with Crippen LogP contribution in [0.25, 0.3) is 16.4 Å². The van der Waals surface area contributed by atoms with E-state index < -0.39 is 5.91 Å². The Hall–Kier alpha value is -2.40. The molecule has 0 aliphatic rings. The lowest BCUT2D eigenvalue weighted by Gasteiger charge is -1.98. The first-order valence-corrected chi connectivity index (χ1v) is 6.57. The number of carbonyl (C=O) groups is 1. The topological polar surface area (TPSA) is 60.9 Å². The molecule has 1 aromatic carbocycles. The van der Waals surface area contributed by atoms with Crippen molar-refractivity contribution in [1.82, 2.24) is 9.55 Å². The van der Waals surface area contributed by atoms with Gasteiger partial charge in [0.15, 0.2) is 5.13 Å². The molecule has 2 heterocycles. The third kappa shape index (κ3) is 2.15. The van der Waals surface area contributed by atoms with Gasteiger partial charge in [0.2, 0.25) is 0 Å². The van der Waals surface area contributed by atoms with Crippen molar-refractivity contribution in [3.05, 3.63) is 59.7 Å². The molecule has 2 aromatic heterocycles. The zero-order chi connectivity index (χ0) is 13.2. The van der Waals surface area contributed by atoms with E-state index >= 15 is 0 Å². The second-order valence-electron chi connectivity index (χ2n) is 3.99. The van der Waals surface area contributed by atoms with Gasteiger partial charge in [-0.3, -0.25) is 4.79 Å². The molecule has 2 N–H and O–H groups in total. The van der Waals surface area contributed by atoms with E-state index in [0.717, 1.165) is 10.7 Å². The van der Waals surface area contributed by atoms with E-state index in [9.17, 15) is 4.79 Å². The van der Waals surface area contributed by atoms with E-state index in [4.69, 9.17) is 5.73 Å². The smallest absolute Gasteiger partial charge is 0.261 e. The lowest BCUT2D eigenvalue weighted by molar-refractivity contribution is 0.100. The number of benzene rings is 1. The van der Waals surface area contributed by atoms with Gasteiger partial charge in [0.1, 0.15) is 4.88 Å². The predicted octanol–water partition coefficient (Wildman–Crippen LogP) is 2.70. The first-order chi connectivity index (χ1) is 9.25. The number of thiazole rings is 1. The number of hydrogen-bond donors (Lipinski definition) is 1. The van der Waals surface area contributed by atoms with Crippen molar-refractivity contribution < 1.29 is 4.79 Å². The summed E-state index contributed by atoms with van der Waals surface area (Å²) in [6, 6.07) is 13.4. The molecule has 4 nitrogen and oxygen atoms in total. The summed E-state index contributed by atoms with van der Waals surface area (Å²) in [6.07, 6.45) is 3.77. The van der Waals surface area contributed by atoms with Gasteiger partial charge in [-0.2, -0.15) is 0 Å². The van der Waals surface area contributed by atoms with Crippen LogP contribution in [0.3, 0.4) is 0 Å². The summed E-state index contributed by atoms with van der Waals surface area (Å²) >= 11 is 1.30. The van der Waals surface area contributed by atoms with Crippen molar-refractivity contribution in [2.45, 2.75) is 0 Å². The Labute approximate surface area is 114 Å². The maximum absolute atomic E-state index is 11.6. The van der Waals surface area contributed by atoms with Crippen LogP contribution in [0.5, 0.6) is 0 Å². The number of primary amides is 1. The van der Waals surface area contributed by atoms with Crippen LogP contribution in [0.4, 0.5) is 0 Å². The van der Waals surface area contributed by atoms with Crippen molar-refractivity contribution in [2.75, 3.05) is 0 Å². The summed E-state index contributed by atoms with van der Waals surface area (Å²) in [5.41, 5.74) is 6.98. The molecule has 0 aliphatic heterocycles. The number of nitrogens with two attached hydrogens (primary N) is 1. The van der Waals surface area contributed by atoms with E-state index in [-0.39, 0.29) is 0 Å². The Morgan fingerprint density at radius 2 is 1.79 bits per heavy atom. The van der Waals surface area contributed by atoms with Crippen LogP contribution in [0.2, 0.25) is 0 Å². The Morgan fingerprint density at radius 3 is 2.42 bits per heavy atom. The largest absolute Gasteiger partial charge is 0.365 e. The Balaban J connectivity index is 2.16. The number of hydrogen-bond acceptors (Lipinski definition) is 3. The van der Waals surface area contributed by atoms with Gasteiger partial charge in [-0.15, -0.1) is 0 Å². The van der Waals surface area contributed by atoms with E-state index in [2.05, 4.69) is 4.98 Å². The lowest BCUT2D eigenvalue weighted by atomic mass is 10.1. The molecule has 1 amide bonds. The summed E-state index contributed by atoms with van der Waals surface area (Å²) in [5.74, 6) is -0.449. The summed E-state index contributed by atoms with van der Waals surface area (Å²) in [4.78, 5) is 16.6. The zero-order valence-electron chi connectivity index (χ0n) is 9.98. The van der Waals surface area contributed by atoms with Gasteiger partial charge < -0.3 is 10.3 Å². The quantitative estimate of drug-likeness (QED) is 0.794. The molecule has 0 radical (unpaired) electrons. The monoisotopic (exact) mass is 269 g/mol. The minimum atomic E-state index is -0.449. The van der Waals surface area contributed by atoms with Gasteiger partial charge in [0.05, 0.1) is 5.69 Å². The van der Waals surface area contributed by atoms with Crippen molar-refractivity contribution in [1.29, 1.82) is 0 Å². The van der Waals surface area contributed by atoms with Crippen LogP contribution in [0, 0.1) is 0 Å². The summed E-state index contributed by atoms with van der Waals surface area (Å²) in [5, 5.41) is 0.734. The molecule has 0 spiro atoms. The van der Waals surface area contributed by atoms with Crippen molar-refractivity contribution >= 4 is 17.2 Å². The molecule has 0 saturated carbocycles. The number of nitrogens with zero attached hydrogens (tertiary/aromatic N) is 2. The number of carbonyl (C=O) groups excluding carboxylic acids is 1. The van der Waals surface area contributed by atoms with Crippen molar-refractivity contribution in [3.8, 4) is 16.4 Å². The van der Waals surface area contributed by atoms with E-state index in [1.165, 1.54) is 11.3 Å². The van der Waals surface area contributed by atoms with Crippen LogP contribution in [0.1, 0.15) is 9.67 Å². The SMILES string of the molecule is NC(=O)c1sc(-n2cccc2)nc1-c1ccccc1. The molecule has 3 rings (SSSR count). The van der Waals surface area contributed by atoms with Gasteiger partial charge in [-0.1, -0.05) is 41.7 Å². The maximum atomic E-state index is 11.6. The Kier molecular flexibility index (Phi) is 2.89. The summed E-state index contributed by atoms with van der Waals surface area (Å²) in [6.45, 7) is 0. The molecule has 0 saturated heterocycles. The van der Waals surface area contributed by atoms with Gasteiger partial charge >= 0.3 is 0 Å². The molecule has 19 heavy (non-hydrogen) atoms. The molecule has 0 bridgehead atoms. The molecular formula is C14H11N3OS. The Morgan fingerprint density at radius 1 is 1.11 bits per heavy atom. The second kappa shape index (κ2) is 4.70. The normalized spacial score (nSPS) is 10.5. The predicted molar refractivity (Wildman–Crippen MR) is 75.4 cm³/mol. The molecule has 94 valence electrons. The second-order valence-corrected chi connectivity index (χ2v) is 4.97. The van der Waals surface area contributed by atoms with E-state index in [0.29, 0.717) is 10.6 Å². The molecule has 0 aliphatic carbocycles. The maximum Gasteiger partial charge on any atom is 0.261 e. The minimum absolute atomic E-state index is 0.449. The van der Waals surface area contributed by atoms with Crippen LogP contribution in [-0.4, -0.2) is 15.5 Å². The summed E-state index contributed by atoms with van der Waals surface area (Å²) in [7, 11) is 0. The van der Waals surface area contributed by atoms with Gasteiger partial charge in [0.25, 0.3) is 5.91 Å². The molecule has 0 fully saturated rings. The fourth-order valence-corrected chi connectivity index (χ4v) is 2.75. The number of aromatic nitrogens is 2. The molecular weight excluding hydrogens is 258 g/mol. The van der Waals surface area contributed by atoms with Crippen LogP contribution in [-0.2, 0) is 0 Å². The van der Waals surface area contributed by atoms with Gasteiger partial charge in [0, 0.05) is 18.0 Å². The molecule has 3 aromatic rings. The average molecular weight is 269 g/mol. The van der Waals surface area contributed by atoms with Crippen molar-refractivity contribution in [3.63, 3.8) is 0 Å². The van der Waals surface area contributed by atoms with Crippen LogP contribution in [0.15, 0.2) is 54.9 Å². The highest BCUT2D eigenvalue weighted by atomic mass is 32.1. The Bertz CT molecular complexity index is 702. The molecule has 0 atom stereocenters. The zero-order valence-corrected chi connectivity index (χ0v) is 10.8. The average Bonchev–Trinajstić information content (AvgIpc) is 3.08. The van der Waals surface area contributed by atoms with Gasteiger partial charge in [-0.05, 0) is 12.1 Å². The van der Waals surface area contributed by atoms with E-state index in [1.807, 2.05) is 59.4 Å². The highest BCUT2D eigenvalue weighted by Gasteiger charge is 2.17. The van der Waals surface area contributed by atoms with Crippen LogP contribution < -0.4 is 5.73 Å². The first kappa shape index (κ1) is 11.7. The third-order valence-corrected chi connectivity index (χ3v) is 3.80. The fraction of sp³-hybridized carbons (Fsp3) is 0. The van der Waals surface area contributed by atoms with Gasteiger partial charge in [-0.25, -0.2) is 4.98 Å². The lowest BCUT2D eigenvalue weighted by Crippen LogP contribution is -2.10. The van der Waals surface area contributed by atoms with Crippen LogP contribution >= 0.6 is 11.3 Å². The molecule has 0 unspecified atom stereocenters. The standard InChI is InChI=1S/C14H11N3OS/c15-13(18)12-11(10-6-2-1-3-7-10)16-14(19-12)17-8-4-5-9-17/h1-9H,(H2,15,18). The summed E-state index contributed by atoms with van der Waals surface area (Å²) < 4.78 is 1.86. The highest BCUT2D eigenvalue weighted by molar-refractivity contribution is 7.16.